The number of hydrogen-bond acceptors (Lipinski definition) is 2. The maximum Gasteiger partial charge on any atom is 0.228 e. The van der Waals surface area contributed by atoms with E-state index in [0.717, 1.165) is 24.6 Å². The van der Waals surface area contributed by atoms with Crippen molar-refractivity contribution in [2.24, 2.45) is 0 Å². The standard InChI is InChI=1S/C16H10BrIO2/c1-9-13-8-11(17)4-7-14(13)20-16(9)15(19)10-2-5-12(18)6-3-10/h2-8H,1H3. The Hall–Kier alpha value is -1.14. The summed E-state index contributed by atoms with van der Waals surface area (Å²) in [5.74, 6) is 0.338. The predicted octanol–water partition coefficient (Wildman–Crippen LogP) is 5.34. The second kappa shape index (κ2) is 5.33. The summed E-state index contributed by atoms with van der Waals surface area (Å²) in [7, 11) is 0. The average Bonchev–Trinajstić information content (AvgIpc) is 2.76. The van der Waals surface area contributed by atoms with Crippen molar-refractivity contribution in [2.45, 2.75) is 6.92 Å². The highest BCUT2D eigenvalue weighted by Gasteiger charge is 2.19. The third kappa shape index (κ3) is 2.42. The number of hydrogen-bond donors (Lipinski definition) is 0. The number of halogens is 2. The van der Waals surface area contributed by atoms with E-state index >= 15 is 0 Å². The van der Waals surface area contributed by atoms with Crippen LogP contribution in [0.25, 0.3) is 11.0 Å². The van der Waals surface area contributed by atoms with Crippen molar-refractivity contribution in [3.8, 4) is 0 Å². The Morgan fingerprint density at radius 3 is 2.55 bits per heavy atom. The topological polar surface area (TPSA) is 30.2 Å². The third-order valence-electron chi connectivity index (χ3n) is 3.21. The zero-order chi connectivity index (χ0) is 14.3. The number of rotatable bonds is 2. The summed E-state index contributed by atoms with van der Waals surface area (Å²) < 4.78 is 7.80. The molecule has 0 spiro atoms. The molecule has 0 aliphatic heterocycles. The smallest absolute Gasteiger partial charge is 0.228 e. The first-order valence-corrected chi connectivity index (χ1v) is 7.92. The number of ketones is 1. The molecule has 0 amide bonds. The molecule has 0 radical (unpaired) electrons. The quantitative estimate of drug-likeness (QED) is 0.397. The maximum atomic E-state index is 12.5. The molecular weight excluding hydrogens is 431 g/mol. The molecule has 2 aromatic carbocycles. The van der Waals surface area contributed by atoms with Gasteiger partial charge in [-0.3, -0.25) is 4.79 Å². The van der Waals surface area contributed by atoms with Gasteiger partial charge < -0.3 is 4.42 Å². The lowest BCUT2D eigenvalue weighted by molar-refractivity contribution is 0.101. The molecule has 0 aliphatic carbocycles. The molecule has 3 rings (SSSR count). The summed E-state index contributed by atoms with van der Waals surface area (Å²) in [6.07, 6.45) is 0. The molecule has 1 aromatic heterocycles. The molecule has 20 heavy (non-hydrogen) atoms. The van der Waals surface area contributed by atoms with Gasteiger partial charge in [0.05, 0.1) is 0 Å². The van der Waals surface area contributed by atoms with Crippen LogP contribution >= 0.6 is 38.5 Å². The Bertz CT molecular complexity index is 803. The fourth-order valence-corrected chi connectivity index (χ4v) is 2.86. The molecule has 0 bridgehead atoms. The highest BCUT2D eigenvalue weighted by molar-refractivity contribution is 14.1. The summed E-state index contributed by atoms with van der Waals surface area (Å²) in [5.41, 5.74) is 2.26. The van der Waals surface area contributed by atoms with E-state index in [9.17, 15) is 4.79 Å². The van der Waals surface area contributed by atoms with Crippen LogP contribution in [0.2, 0.25) is 0 Å². The van der Waals surface area contributed by atoms with Crippen LogP contribution in [0, 0.1) is 10.5 Å². The molecular formula is C16H10BrIO2. The number of fused-ring (bicyclic) bond motifs is 1. The van der Waals surface area contributed by atoms with Gasteiger partial charge in [-0.15, -0.1) is 0 Å². The van der Waals surface area contributed by atoms with Gasteiger partial charge in [0.1, 0.15) is 5.58 Å². The van der Waals surface area contributed by atoms with Gasteiger partial charge in [0.25, 0.3) is 0 Å². The van der Waals surface area contributed by atoms with Crippen molar-refractivity contribution in [3.05, 3.63) is 67.4 Å². The van der Waals surface area contributed by atoms with Gasteiger partial charge in [0, 0.05) is 24.6 Å². The van der Waals surface area contributed by atoms with Gasteiger partial charge >= 0.3 is 0 Å². The van der Waals surface area contributed by atoms with Crippen LogP contribution in [-0.4, -0.2) is 5.78 Å². The number of aryl methyl sites for hydroxylation is 1. The van der Waals surface area contributed by atoms with E-state index in [2.05, 4.69) is 38.5 Å². The fourth-order valence-electron chi connectivity index (χ4n) is 2.14. The number of benzene rings is 2. The Morgan fingerprint density at radius 1 is 1.15 bits per heavy atom. The first-order chi connectivity index (χ1) is 9.56. The minimum atomic E-state index is -0.0776. The predicted molar refractivity (Wildman–Crippen MR) is 91.2 cm³/mol. The second-order valence-electron chi connectivity index (χ2n) is 4.53. The maximum absolute atomic E-state index is 12.5. The van der Waals surface area contributed by atoms with Crippen LogP contribution in [-0.2, 0) is 0 Å². The number of furan rings is 1. The lowest BCUT2D eigenvalue weighted by Gasteiger charge is -1.99. The number of carbonyl (C=O) groups excluding carboxylic acids is 1. The van der Waals surface area contributed by atoms with Crippen LogP contribution in [0.5, 0.6) is 0 Å². The lowest BCUT2D eigenvalue weighted by atomic mass is 10.1. The van der Waals surface area contributed by atoms with E-state index < -0.39 is 0 Å². The highest BCUT2D eigenvalue weighted by atomic mass is 127. The van der Waals surface area contributed by atoms with Crippen molar-refractivity contribution < 1.29 is 9.21 Å². The van der Waals surface area contributed by atoms with E-state index in [1.807, 2.05) is 49.4 Å². The van der Waals surface area contributed by atoms with Gasteiger partial charge in [-0.1, -0.05) is 15.9 Å². The number of carbonyl (C=O) groups is 1. The van der Waals surface area contributed by atoms with Gasteiger partial charge in [0.15, 0.2) is 5.76 Å². The molecule has 1 heterocycles. The Labute approximate surface area is 138 Å². The molecule has 0 saturated heterocycles. The summed E-state index contributed by atoms with van der Waals surface area (Å²) in [5, 5.41) is 0.966. The first kappa shape index (κ1) is 13.8. The molecule has 2 nitrogen and oxygen atoms in total. The van der Waals surface area contributed by atoms with Gasteiger partial charge in [-0.2, -0.15) is 0 Å². The Balaban J connectivity index is 2.12. The third-order valence-corrected chi connectivity index (χ3v) is 4.42. The van der Waals surface area contributed by atoms with E-state index in [4.69, 9.17) is 4.42 Å². The second-order valence-corrected chi connectivity index (χ2v) is 6.69. The van der Waals surface area contributed by atoms with Gasteiger partial charge in [-0.05, 0) is 72.0 Å². The normalized spacial score (nSPS) is 10.9. The Morgan fingerprint density at radius 2 is 1.85 bits per heavy atom. The van der Waals surface area contributed by atoms with E-state index in [0.29, 0.717) is 11.3 Å². The van der Waals surface area contributed by atoms with Crippen LogP contribution in [0.1, 0.15) is 21.7 Å². The lowest BCUT2D eigenvalue weighted by Crippen LogP contribution is -2.01. The summed E-state index contributed by atoms with van der Waals surface area (Å²) in [6, 6.07) is 13.2. The Kier molecular flexibility index (Phi) is 3.69. The largest absolute Gasteiger partial charge is 0.452 e. The van der Waals surface area contributed by atoms with Crippen LogP contribution < -0.4 is 0 Å². The van der Waals surface area contributed by atoms with E-state index in [1.165, 1.54) is 0 Å². The summed E-state index contributed by atoms with van der Waals surface area (Å²) in [4.78, 5) is 12.5. The van der Waals surface area contributed by atoms with Crippen molar-refractivity contribution >= 4 is 55.3 Å². The van der Waals surface area contributed by atoms with Crippen molar-refractivity contribution in [2.75, 3.05) is 0 Å². The fraction of sp³-hybridized carbons (Fsp3) is 0.0625. The van der Waals surface area contributed by atoms with Crippen LogP contribution in [0.3, 0.4) is 0 Å². The monoisotopic (exact) mass is 440 g/mol. The van der Waals surface area contributed by atoms with Crippen LogP contribution in [0.15, 0.2) is 51.4 Å². The van der Waals surface area contributed by atoms with Crippen LogP contribution in [0.4, 0.5) is 0 Å². The van der Waals surface area contributed by atoms with Crippen molar-refractivity contribution in [1.82, 2.24) is 0 Å². The van der Waals surface area contributed by atoms with E-state index in [1.54, 1.807) is 0 Å². The summed E-state index contributed by atoms with van der Waals surface area (Å²) in [6.45, 7) is 1.91. The first-order valence-electron chi connectivity index (χ1n) is 6.05. The van der Waals surface area contributed by atoms with Crippen molar-refractivity contribution in [1.29, 1.82) is 0 Å². The molecule has 4 heteroatoms. The molecule has 0 fully saturated rings. The average molecular weight is 441 g/mol. The minimum Gasteiger partial charge on any atom is -0.452 e. The molecule has 100 valence electrons. The molecule has 0 unspecified atom stereocenters. The van der Waals surface area contributed by atoms with Gasteiger partial charge in [-0.25, -0.2) is 0 Å². The molecule has 0 N–H and O–H groups in total. The van der Waals surface area contributed by atoms with E-state index in [-0.39, 0.29) is 5.78 Å². The summed E-state index contributed by atoms with van der Waals surface area (Å²) >= 11 is 5.65. The molecule has 0 saturated carbocycles. The molecule has 0 atom stereocenters. The zero-order valence-corrected chi connectivity index (χ0v) is 14.4. The highest BCUT2D eigenvalue weighted by Crippen LogP contribution is 2.29. The SMILES string of the molecule is Cc1c(C(=O)c2ccc(I)cc2)oc2ccc(Br)cc12. The van der Waals surface area contributed by atoms with Gasteiger partial charge in [0.2, 0.25) is 5.78 Å². The van der Waals surface area contributed by atoms with Crippen molar-refractivity contribution in [3.63, 3.8) is 0 Å². The minimum absolute atomic E-state index is 0.0776. The zero-order valence-electron chi connectivity index (χ0n) is 10.6. The molecule has 3 aromatic rings. The molecule has 0 aliphatic rings.